The smallest absolute Gasteiger partial charge is 0.200 e. The summed E-state index contributed by atoms with van der Waals surface area (Å²) in [6.45, 7) is 4.90. The molecular formula is C17H17N3OS2. The summed E-state index contributed by atoms with van der Waals surface area (Å²) in [6.07, 6.45) is 1.83. The maximum absolute atomic E-state index is 13.0. The van der Waals surface area contributed by atoms with Crippen molar-refractivity contribution in [3.63, 3.8) is 0 Å². The van der Waals surface area contributed by atoms with Gasteiger partial charge in [0.1, 0.15) is 16.0 Å². The Morgan fingerprint density at radius 1 is 1.35 bits per heavy atom. The minimum absolute atomic E-state index is 0.112. The number of benzene rings is 1. The molecule has 23 heavy (non-hydrogen) atoms. The molecule has 0 N–H and O–H groups in total. The second kappa shape index (κ2) is 5.76. The molecule has 1 aliphatic rings. The van der Waals surface area contributed by atoms with E-state index in [4.69, 9.17) is 0 Å². The Morgan fingerprint density at radius 3 is 3.00 bits per heavy atom. The van der Waals surface area contributed by atoms with Gasteiger partial charge in [0, 0.05) is 17.6 Å². The number of fused-ring (bicyclic) bond motifs is 3. The third-order valence-electron chi connectivity index (χ3n) is 4.20. The van der Waals surface area contributed by atoms with Crippen LogP contribution in [0.25, 0.3) is 11.0 Å². The minimum Gasteiger partial charge on any atom is -0.315 e. The summed E-state index contributed by atoms with van der Waals surface area (Å²) >= 11 is 1.80. The Morgan fingerprint density at radius 2 is 2.17 bits per heavy atom. The van der Waals surface area contributed by atoms with Gasteiger partial charge in [-0.3, -0.25) is 9.19 Å². The molecule has 1 aliphatic heterocycles. The number of rotatable bonds is 3. The van der Waals surface area contributed by atoms with Crippen LogP contribution in [0.2, 0.25) is 0 Å². The van der Waals surface area contributed by atoms with Crippen molar-refractivity contribution in [2.24, 2.45) is 0 Å². The number of nitrogens with zero attached hydrogens (tertiary/aromatic N) is 3. The summed E-state index contributed by atoms with van der Waals surface area (Å²) < 4.78 is 15.0. The number of pyridine rings is 1. The molecule has 0 radical (unpaired) electrons. The first-order valence-electron chi connectivity index (χ1n) is 7.65. The lowest BCUT2D eigenvalue weighted by atomic mass is 10.1. The topological polar surface area (TPSA) is 47.8 Å². The van der Waals surface area contributed by atoms with E-state index in [9.17, 15) is 4.21 Å². The van der Waals surface area contributed by atoms with Crippen molar-refractivity contribution in [3.05, 3.63) is 47.8 Å². The number of para-hydroxylation sites is 2. The normalized spacial score (nSPS) is 20.1. The lowest BCUT2D eigenvalue weighted by molar-refractivity contribution is 0.662. The van der Waals surface area contributed by atoms with Crippen LogP contribution in [-0.4, -0.2) is 24.5 Å². The second-order valence-corrected chi connectivity index (χ2v) is 8.37. The molecule has 118 valence electrons. The van der Waals surface area contributed by atoms with Crippen LogP contribution >= 0.6 is 11.8 Å². The quantitative estimate of drug-likeness (QED) is 0.680. The fourth-order valence-electron chi connectivity index (χ4n) is 3.10. The van der Waals surface area contributed by atoms with E-state index in [0.29, 0.717) is 11.7 Å². The molecule has 0 saturated heterocycles. The largest absolute Gasteiger partial charge is 0.315 e. The van der Waals surface area contributed by atoms with E-state index in [1.807, 2.05) is 36.5 Å². The highest BCUT2D eigenvalue weighted by Crippen LogP contribution is 2.38. The van der Waals surface area contributed by atoms with Gasteiger partial charge < -0.3 is 4.57 Å². The second-order valence-electron chi connectivity index (χ2n) is 5.53. The number of thioether (sulfide) groups is 1. The maximum atomic E-state index is 13.0. The average molecular weight is 343 g/mol. The van der Waals surface area contributed by atoms with Crippen molar-refractivity contribution in [1.29, 1.82) is 0 Å². The number of hydrogen-bond acceptors (Lipinski definition) is 4. The van der Waals surface area contributed by atoms with E-state index >= 15 is 0 Å². The van der Waals surface area contributed by atoms with Gasteiger partial charge in [0.05, 0.1) is 16.7 Å². The minimum atomic E-state index is -1.16. The molecule has 0 bridgehead atoms. The molecule has 2 atom stereocenters. The molecule has 4 nitrogen and oxygen atoms in total. The molecule has 0 spiro atoms. The molecule has 0 fully saturated rings. The Hall–Kier alpha value is -1.66. The van der Waals surface area contributed by atoms with Crippen molar-refractivity contribution < 1.29 is 4.21 Å². The van der Waals surface area contributed by atoms with Gasteiger partial charge in [-0.05, 0) is 36.4 Å². The molecule has 1 aromatic carbocycles. The van der Waals surface area contributed by atoms with Crippen LogP contribution in [0.5, 0.6) is 0 Å². The van der Waals surface area contributed by atoms with Gasteiger partial charge in [0.25, 0.3) is 0 Å². The van der Waals surface area contributed by atoms with Crippen molar-refractivity contribution in [3.8, 4) is 0 Å². The van der Waals surface area contributed by atoms with Gasteiger partial charge in [0.15, 0.2) is 0 Å². The third-order valence-corrected chi connectivity index (χ3v) is 6.81. The van der Waals surface area contributed by atoms with Crippen molar-refractivity contribution >= 4 is 33.6 Å². The highest BCUT2D eigenvalue weighted by atomic mass is 32.2. The Labute approximate surface area is 141 Å². The first-order chi connectivity index (χ1) is 11.2. The van der Waals surface area contributed by atoms with Gasteiger partial charge in [-0.1, -0.05) is 19.1 Å². The highest BCUT2D eigenvalue weighted by molar-refractivity contribution is 7.99. The summed E-state index contributed by atoms with van der Waals surface area (Å²) in [5.41, 5.74) is 4.05. The van der Waals surface area contributed by atoms with Crippen LogP contribution in [0, 0.1) is 6.92 Å². The molecule has 3 aromatic rings. The lowest BCUT2D eigenvalue weighted by Crippen LogP contribution is -2.09. The molecular weight excluding hydrogens is 326 g/mol. The maximum Gasteiger partial charge on any atom is 0.200 e. The fraction of sp³-hybridized carbons (Fsp3) is 0.294. The standard InChI is InChI=1S/C17H17N3OS2/c1-3-22-14-8-9-18-16(11(14)2)15-10-20-13-7-5-4-6-12(13)19-17(20)23(15)21/h4-9,15H,3,10H2,1-2H3. The van der Waals surface area contributed by atoms with Crippen LogP contribution < -0.4 is 0 Å². The summed E-state index contributed by atoms with van der Waals surface area (Å²) in [6, 6.07) is 10.0. The zero-order valence-corrected chi connectivity index (χ0v) is 14.7. The average Bonchev–Trinajstić information content (AvgIpc) is 3.07. The van der Waals surface area contributed by atoms with Crippen molar-refractivity contribution in [2.75, 3.05) is 5.75 Å². The van der Waals surface area contributed by atoms with E-state index in [1.165, 1.54) is 4.90 Å². The third kappa shape index (κ3) is 2.32. The van der Waals surface area contributed by atoms with Crippen LogP contribution in [0.3, 0.4) is 0 Å². The predicted molar refractivity (Wildman–Crippen MR) is 94.3 cm³/mol. The Kier molecular flexibility index (Phi) is 3.73. The van der Waals surface area contributed by atoms with Crippen LogP contribution in [0.4, 0.5) is 0 Å². The SMILES string of the molecule is CCSc1ccnc(C2Cn3c(nc4ccccc43)S2=O)c1C. The van der Waals surface area contributed by atoms with E-state index in [2.05, 4.69) is 28.4 Å². The highest BCUT2D eigenvalue weighted by Gasteiger charge is 2.35. The monoisotopic (exact) mass is 343 g/mol. The van der Waals surface area contributed by atoms with Gasteiger partial charge in [-0.25, -0.2) is 4.98 Å². The fourth-order valence-corrected chi connectivity index (χ4v) is 5.45. The first-order valence-corrected chi connectivity index (χ1v) is 9.84. The Balaban J connectivity index is 1.78. The van der Waals surface area contributed by atoms with E-state index in [0.717, 1.165) is 28.0 Å². The zero-order valence-electron chi connectivity index (χ0n) is 13.0. The summed E-state index contributed by atoms with van der Waals surface area (Å²) in [5.74, 6) is 1.02. The van der Waals surface area contributed by atoms with Gasteiger partial charge >= 0.3 is 0 Å². The molecule has 6 heteroatoms. The Bertz CT molecular complexity index is 919. The molecule has 3 heterocycles. The van der Waals surface area contributed by atoms with E-state index < -0.39 is 10.8 Å². The predicted octanol–water partition coefficient (Wildman–Crippen LogP) is 3.71. The van der Waals surface area contributed by atoms with Gasteiger partial charge in [-0.2, -0.15) is 0 Å². The summed E-state index contributed by atoms with van der Waals surface area (Å²) in [5, 5.41) is 0.561. The number of aromatic nitrogens is 3. The number of hydrogen-bond donors (Lipinski definition) is 0. The lowest BCUT2D eigenvalue weighted by Gasteiger charge is -2.13. The zero-order chi connectivity index (χ0) is 16.0. The molecule has 2 aromatic heterocycles. The first kappa shape index (κ1) is 14.9. The van der Waals surface area contributed by atoms with Crippen molar-refractivity contribution in [1.82, 2.24) is 14.5 Å². The molecule has 0 saturated carbocycles. The van der Waals surface area contributed by atoms with Crippen LogP contribution in [0.1, 0.15) is 23.4 Å². The molecule has 2 unspecified atom stereocenters. The number of imidazole rings is 1. The van der Waals surface area contributed by atoms with E-state index in [1.54, 1.807) is 11.8 Å². The van der Waals surface area contributed by atoms with E-state index in [-0.39, 0.29) is 5.25 Å². The molecule has 4 rings (SSSR count). The van der Waals surface area contributed by atoms with Crippen molar-refractivity contribution in [2.45, 2.75) is 35.7 Å². The molecule has 0 amide bonds. The summed E-state index contributed by atoms with van der Waals surface area (Å²) in [4.78, 5) is 10.3. The van der Waals surface area contributed by atoms with Gasteiger partial charge in [0.2, 0.25) is 5.16 Å². The van der Waals surface area contributed by atoms with Crippen LogP contribution in [0.15, 0.2) is 46.6 Å². The van der Waals surface area contributed by atoms with Crippen LogP contribution in [-0.2, 0) is 17.3 Å². The van der Waals surface area contributed by atoms with Gasteiger partial charge in [-0.15, -0.1) is 11.8 Å². The molecule has 0 aliphatic carbocycles. The summed E-state index contributed by atoms with van der Waals surface area (Å²) in [7, 11) is -1.16.